The summed E-state index contributed by atoms with van der Waals surface area (Å²) in [4.78, 5) is 0. The van der Waals surface area contributed by atoms with Crippen molar-refractivity contribution in [2.24, 2.45) is 10.8 Å². The normalized spacial score (nSPS) is 11.2. The van der Waals surface area contributed by atoms with E-state index in [0.717, 1.165) is 0 Å². The first-order chi connectivity index (χ1) is 2.77. The maximum absolute atomic E-state index is 5.03. The van der Waals surface area contributed by atoms with Crippen LogP contribution < -0.4 is 11.2 Å². The molecule has 3 N–H and O–H groups in total. The van der Waals surface area contributed by atoms with Gasteiger partial charge in [0.1, 0.15) is 0 Å². The van der Waals surface area contributed by atoms with Crippen LogP contribution in [0.2, 0.25) is 0 Å². The molecular weight excluding hydrogens is 145 g/mol. The molecule has 0 spiro atoms. The second-order valence-corrected chi connectivity index (χ2v) is 1.55. The van der Waals surface area contributed by atoms with E-state index in [1.807, 2.05) is 0 Å². The van der Waals surface area contributed by atoms with Crippen LogP contribution in [-0.4, -0.2) is 27.8 Å². The van der Waals surface area contributed by atoms with E-state index in [1.165, 1.54) is 0 Å². The summed E-state index contributed by atoms with van der Waals surface area (Å²) in [6.45, 7) is 0. The van der Waals surface area contributed by atoms with Gasteiger partial charge in [-0.25, -0.2) is 0 Å². The second kappa shape index (κ2) is 3.00. The zero-order valence-electron chi connectivity index (χ0n) is 3.43. The average Bonchev–Trinajstić information content (AvgIpc) is 1.35. The molecule has 0 saturated carbocycles. The molecule has 1 radical (unpaired) electrons. The Morgan fingerprint density at radius 1 is 2.00 bits per heavy atom. The van der Waals surface area contributed by atoms with Crippen molar-refractivity contribution in [3.05, 3.63) is 0 Å². The zero-order chi connectivity index (χ0) is 4.99. The van der Waals surface area contributed by atoms with Crippen molar-refractivity contribution in [2.75, 3.05) is 7.05 Å². The monoisotopic (exact) mass is 152 g/mol. The quantitative estimate of drug-likeness (QED) is 0.210. The number of rotatable bonds is 1. The van der Waals surface area contributed by atoms with E-state index in [4.69, 9.17) is 5.73 Å². The molecule has 0 rings (SSSR count). The van der Waals surface area contributed by atoms with Gasteiger partial charge in [-0.3, -0.25) is 0 Å². The number of nitrogens with two attached hydrogens (primary N) is 1. The number of nitrogens with zero attached hydrogens (tertiary/aromatic N) is 1. The molecule has 4 heteroatoms. The fourth-order valence-corrected chi connectivity index (χ4v) is 0.302. The molecule has 0 aliphatic carbocycles. The standard InChI is InChI=1S/C2H6N3Se/c1-4-5-2(3)6/h4H,1H3,(H2,3,5). The Hall–Kier alpha value is -0.211. The molecule has 0 unspecified atom stereocenters. The first kappa shape index (κ1) is 5.79. The Morgan fingerprint density at radius 3 is 2.50 bits per heavy atom. The van der Waals surface area contributed by atoms with E-state index >= 15 is 0 Å². The molecule has 0 aliphatic heterocycles. The van der Waals surface area contributed by atoms with Gasteiger partial charge in [-0.05, 0) is 0 Å². The van der Waals surface area contributed by atoms with Gasteiger partial charge in [-0.2, -0.15) is 0 Å². The van der Waals surface area contributed by atoms with Crippen LogP contribution in [-0.2, 0) is 0 Å². The van der Waals surface area contributed by atoms with Gasteiger partial charge in [0.05, 0.1) is 0 Å². The first-order valence-corrected chi connectivity index (χ1v) is 2.30. The van der Waals surface area contributed by atoms with Crippen molar-refractivity contribution in [3.63, 3.8) is 0 Å². The van der Waals surface area contributed by atoms with E-state index in [9.17, 15) is 0 Å². The molecule has 0 amide bonds. The van der Waals surface area contributed by atoms with Gasteiger partial charge < -0.3 is 0 Å². The third-order valence-corrected chi connectivity index (χ3v) is 0.414. The van der Waals surface area contributed by atoms with Gasteiger partial charge in [0.2, 0.25) is 0 Å². The van der Waals surface area contributed by atoms with Gasteiger partial charge in [0.25, 0.3) is 0 Å². The minimum atomic E-state index is 0.428. The van der Waals surface area contributed by atoms with Crippen LogP contribution >= 0.6 is 0 Å². The molecule has 0 heterocycles. The van der Waals surface area contributed by atoms with E-state index < -0.39 is 0 Å². The van der Waals surface area contributed by atoms with Crippen LogP contribution in [0.3, 0.4) is 0 Å². The number of amidine groups is 1. The molecule has 0 aromatic carbocycles. The van der Waals surface area contributed by atoms with Crippen LogP contribution in [0.4, 0.5) is 0 Å². The van der Waals surface area contributed by atoms with Gasteiger partial charge >= 0.3 is 44.1 Å². The summed E-state index contributed by atoms with van der Waals surface area (Å²) >= 11 is 2.51. The Bertz CT molecular complexity index is 55.8. The zero-order valence-corrected chi connectivity index (χ0v) is 5.15. The summed E-state index contributed by atoms with van der Waals surface area (Å²) in [5.74, 6) is 0. The Labute approximate surface area is 44.8 Å². The van der Waals surface area contributed by atoms with Gasteiger partial charge in [0.15, 0.2) is 0 Å². The van der Waals surface area contributed by atoms with Crippen molar-refractivity contribution in [1.82, 2.24) is 5.43 Å². The van der Waals surface area contributed by atoms with Gasteiger partial charge in [-0.1, -0.05) is 0 Å². The molecule has 3 nitrogen and oxygen atoms in total. The summed E-state index contributed by atoms with van der Waals surface area (Å²) in [6, 6.07) is 0. The number of hydrazone groups is 1. The first-order valence-electron chi connectivity index (χ1n) is 1.44. The SMILES string of the molecule is CNN=C(N)[Se]. The fraction of sp³-hybridized carbons (Fsp3) is 0.500. The van der Waals surface area contributed by atoms with Crippen LogP contribution in [0.25, 0.3) is 0 Å². The second-order valence-electron chi connectivity index (χ2n) is 0.674. The Morgan fingerprint density at radius 2 is 2.50 bits per heavy atom. The third-order valence-electron chi connectivity index (χ3n) is 0.222. The van der Waals surface area contributed by atoms with E-state index in [2.05, 4.69) is 26.5 Å². The Kier molecular flexibility index (Phi) is 2.89. The average molecular weight is 151 g/mol. The summed E-state index contributed by atoms with van der Waals surface area (Å²) in [7, 11) is 1.68. The molecule has 0 atom stereocenters. The predicted octanol–water partition coefficient (Wildman–Crippen LogP) is -1.40. The molecule has 35 valence electrons. The molecule has 6 heavy (non-hydrogen) atoms. The molecule has 0 bridgehead atoms. The summed E-state index contributed by atoms with van der Waals surface area (Å²) in [5.41, 5.74) is 7.53. The maximum atomic E-state index is 5.03. The van der Waals surface area contributed by atoms with Crippen molar-refractivity contribution in [3.8, 4) is 0 Å². The number of hydrogen-bond donors (Lipinski definition) is 2. The summed E-state index contributed by atoms with van der Waals surface area (Å²) in [5, 5.41) is 3.51. The van der Waals surface area contributed by atoms with Gasteiger partial charge in [0, 0.05) is 0 Å². The molecule has 0 saturated heterocycles. The number of hydrogen-bond acceptors (Lipinski definition) is 2. The van der Waals surface area contributed by atoms with Crippen LogP contribution in [0, 0.1) is 0 Å². The summed E-state index contributed by atoms with van der Waals surface area (Å²) < 4.78 is 0.428. The summed E-state index contributed by atoms with van der Waals surface area (Å²) in [6.07, 6.45) is 0. The third kappa shape index (κ3) is 3.79. The molecule has 0 aromatic heterocycles. The molecule has 0 fully saturated rings. The van der Waals surface area contributed by atoms with Gasteiger partial charge in [-0.15, -0.1) is 0 Å². The van der Waals surface area contributed by atoms with Crippen molar-refractivity contribution < 1.29 is 0 Å². The van der Waals surface area contributed by atoms with Crippen molar-refractivity contribution in [1.29, 1.82) is 0 Å². The topological polar surface area (TPSA) is 50.4 Å². The van der Waals surface area contributed by atoms with Crippen molar-refractivity contribution >= 4 is 20.7 Å². The molecule has 0 aromatic rings. The fourth-order valence-electron chi connectivity index (χ4n) is 0.110. The van der Waals surface area contributed by atoms with E-state index in [1.54, 1.807) is 7.05 Å². The van der Waals surface area contributed by atoms with E-state index in [0.29, 0.717) is 4.73 Å². The molecule has 0 aliphatic rings. The van der Waals surface area contributed by atoms with E-state index in [-0.39, 0.29) is 0 Å². The predicted molar refractivity (Wildman–Crippen MR) is 26.4 cm³/mol. The minimum absolute atomic E-state index is 0.428. The van der Waals surface area contributed by atoms with Crippen LogP contribution in [0.1, 0.15) is 0 Å². The van der Waals surface area contributed by atoms with Crippen molar-refractivity contribution in [2.45, 2.75) is 0 Å². The van der Waals surface area contributed by atoms with Crippen LogP contribution in [0.15, 0.2) is 5.10 Å². The van der Waals surface area contributed by atoms with Crippen LogP contribution in [0.5, 0.6) is 0 Å². The molecular formula is C2H6N3Se. The Balaban J connectivity index is 3.14. The number of nitrogens with one attached hydrogen (secondary N) is 1.